The van der Waals surface area contributed by atoms with Gasteiger partial charge in [0, 0.05) is 22.9 Å². The predicted molar refractivity (Wildman–Crippen MR) is 111 cm³/mol. The molecule has 0 radical (unpaired) electrons. The van der Waals surface area contributed by atoms with Crippen molar-refractivity contribution < 1.29 is 18.7 Å². The van der Waals surface area contributed by atoms with Crippen LogP contribution in [-0.4, -0.2) is 25.0 Å². The summed E-state index contributed by atoms with van der Waals surface area (Å²) < 4.78 is 10.7. The number of furan rings is 1. The van der Waals surface area contributed by atoms with Gasteiger partial charge < -0.3 is 19.4 Å². The monoisotopic (exact) mass is 430 g/mol. The van der Waals surface area contributed by atoms with E-state index in [4.69, 9.17) is 32.4 Å². The molecule has 0 atom stereocenters. The number of hydrogen-bond acceptors (Lipinski definition) is 4. The third-order valence-electron chi connectivity index (χ3n) is 4.49. The number of nitrogens with one attached hydrogen (secondary N) is 1. The summed E-state index contributed by atoms with van der Waals surface area (Å²) >= 11 is 11.9. The minimum atomic E-state index is -0.349. The Bertz CT molecular complexity index is 1070. The van der Waals surface area contributed by atoms with Gasteiger partial charge in [0.25, 0.3) is 11.8 Å². The molecule has 6 nitrogen and oxygen atoms in total. The Balaban J connectivity index is 1.43. The second-order valence-corrected chi connectivity index (χ2v) is 7.28. The van der Waals surface area contributed by atoms with Crippen LogP contribution >= 0.6 is 23.2 Å². The topological polar surface area (TPSA) is 71.8 Å². The van der Waals surface area contributed by atoms with E-state index >= 15 is 0 Å². The SMILES string of the molecule is O=C(COc1ccc(Cl)cc1Cl)Nc1ccc2c(c1)N(C(=O)c1ccco1)CC2. The molecule has 0 saturated carbocycles. The molecular weight excluding hydrogens is 415 g/mol. The molecule has 3 aromatic rings. The van der Waals surface area contributed by atoms with Crippen LogP contribution < -0.4 is 15.0 Å². The van der Waals surface area contributed by atoms with Crippen LogP contribution in [-0.2, 0) is 11.2 Å². The summed E-state index contributed by atoms with van der Waals surface area (Å²) in [6.07, 6.45) is 2.21. The summed E-state index contributed by atoms with van der Waals surface area (Å²) in [5.74, 6) is 0.0896. The lowest BCUT2D eigenvalue weighted by molar-refractivity contribution is -0.118. The van der Waals surface area contributed by atoms with Gasteiger partial charge in [-0.15, -0.1) is 0 Å². The Morgan fingerprint density at radius 2 is 2.00 bits per heavy atom. The summed E-state index contributed by atoms with van der Waals surface area (Å²) in [5, 5.41) is 3.59. The van der Waals surface area contributed by atoms with Crippen molar-refractivity contribution in [2.24, 2.45) is 0 Å². The van der Waals surface area contributed by atoms with E-state index in [9.17, 15) is 9.59 Å². The average molecular weight is 431 g/mol. The number of carbonyl (C=O) groups excluding carboxylic acids is 2. The van der Waals surface area contributed by atoms with E-state index < -0.39 is 0 Å². The molecule has 1 aliphatic rings. The van der Waals surface area contributed by atoms with E-state index in [1.165, 1.54) is 6.26 Å². The molecule has 4 rings (SSSR count). The molecule has 0 spiro atoms. The van der Waals surface area contributed by atoms with Crippen LogP contribution in [0, 0.1) is 0 Å². The predicted octanol–water partition coefficient (Wildman–Crippen LogP) is 4.81. The zero-order chi connectivity index (χ0) is 20.4. The average Bonchev–Trinajstić information content (AvgIpc) is 3.37. The lowest BCUT2D eigenvalue weighted by atomic mass is 10.1. The highest BCUT2D eigenvalue weighted by molar-refractivity contribution is 6.35. The molecule has 1 N–H and O–H groups in total. The molecule has 29 heavy (non-hydrogen) atoms. The molecule has 0 aliphatic carbocycles. The van der Waals surface area contributed by atoms with Crippen LogP contribution in [0.1, 0.15) is 16.1 Å². The maximum Gasteiger partial charge on any atom is 0.293 e. The maximum atomic E-state index is 12.6. The zero-order valence-corrected chi connectivity index (χ0v) is 16.7. The van der Waals surface area contributed by atoms with Crippen LogP contribution in [0.25, 0.3) is 0 Å². The summed E-state index contributed by atoms with van der Waals surface area (Å²) in [6.45, 7) is 0.345. The molecule has 8 heteroatoms. The number of nitrogens with zero attached hydrogens (tertiary/aromatic N) is 1. The molecule has 2 heterocycles. The van der Waals surface area contributed by atoms with E-state index in [2.05, 4.69) is 5.32 Å². The van der Waals surface area contributed by atoms with Gasteiger partial charge in [0.15, 0.2) is 12.4 Å². The number of fused-ring (bicyclic) bond motifs is 1. The normalized spacial score (nSPS) is 12.6. The Morgan fingerprint density at radius 1 is 1.14 bits per heavy atom. The van der Waals surface area contributed by atoms with Crippen molar-refractivity contribution in [1.82, 2.24) is 0 Å². The first-order valence-corrected chi connectivity index (χ1v) is 9.63. The first-order valence-electron chi connectivity index (χ1n) is 8.87. The van der Waals surface area contributed by atoms with Gasteiger partial charge in [-0.25, -0.2) is 0 Å². The van der Waals surface area contributed by atoms with Gasteiger partial charge in [-0.05, 0) is 54.4 Å². The summed E-state index contributed by atoms with van der Waals surface area (Å²) in [6, 6.07) is 13.6. The molecule has 0 bridgehead atoms. The Kier molecular flexibility index (Phi) is 5.47. The molecule has 0 fully saturated rings. The molecule has 2 amide bonds. The standard InChI is InChI=1S/C21H16Cl2N2O4/c22-14-4-6-18(16(23)10-14)29-12-20(26)24-15-5-3-13-7-8-25(17(13)11-15)21(27)19-2-1-9-28-19/h1-6,9-11H,7-8,12H2,(H,24,26). The van der Waals surface area contributed by atoms with Crippen molar-refractivity contribution in [2.75, 3.05) is 23.4 Å². The molecule has 2 aromatic carbocycles. The molecule has 148 valence electrons. The highest BCUT2D eigenvalue weighted by Crippen LogP contribution is 2.32. The lowest BCUT2D eigenvalue weighted by Gasteiger charge is -2.17. The molecule has 1 aliphatic heterocycles. The van der Waals surface area contributed by atoms with Crippen LogP contribution in [0.5, 0.6) is 5.75 Å². The summed E-state index contributed by atoms with van der Waals surface area (Å²) in [7, 11) is 0. The number of carbonyl (C=O) groups is 2. The fraction of sp³-hybridized carbons (Fsp3) is 0.143. The third-order valence-corrected chi connectivity index (χ3v) is 5.02. The van der Waals surface area contributed by atoms with Gasteiger partial charge in [0.1, 0.15) is 5.75 Å². The van der Waals surface area contributed by atoms with Crippen molar-refractivity contribution in [1.29, 1.82) is 0 Å². The van der Waals surface area contributed by atoms with Gasteiger partial charge >= 0.3 is 0 Å². The second kappa shape index (κ2) is 8.19. The molecule has 1 aromatic heterocycles. The zero-order valence-electron chi connectivity index (χ0n) is 15.2. The quantitative estimate of drug-likeness (QED) is 0.630. The maximum absolute atomic E-state index is 12.6. The van der Waals surface area contributed by atoms with Gasteiger partial charge in [0.2, 0.25) is 0 Å². The number of anilines is 2. The highest BCUT2D eigenvalue weighted by Gasteiger charge is 2.27. The van der Waals surface area contributed by atoms with Gasteiger partial charge in [-0.2, -0.15) is 0 Å². The largest absolute Gasteiger partial charge is 0.482 e. The smallest absolute Gasteiger partial charge is 0.293 e. The lowest BCUT2D eigenvalue weighted by Crippen LogP contribution is -2.28. The molecular formula is C21H16Cl2N2O4. The van der Waals surface area contributed by atoms with E-state index in [1.807, 2.05) is 6.07 Å². The number of benzene rings is 2. The van der Waals surface area contributed by atoms with E-state index in [0.717, 1.165) is 17.7 Å². The summed E-state index contributed by atoms with van der Waals surface area (Å²) in [4.78, 5) is 26.5. The van der Waals surface area contributed by atoms with Crippen LogP contribution in [0.15, 0.2) is 59.2 Å². The molecule has 0 unspecified atom stereocenters. The minimum absolute atomic E-state index is 0.210. The number of amides is 2. The fourth-order valence-electron chi connectivity index (χ4n) is 3.13. The van der Waals surface area contributed by atoms with Crippen molar-refractivity contribution in [3.05, 3.63) is 76.2 Å². The first kappa shape index (κ1) is 19.4. The third kappa shape index (κ3) is 4.23. The number of halogens is 2. The van der Waals surface area contributed by atoms with Crippen molar-refractivity contribution in [2.45, 2.75) is 6.42 Å². The number of ether oxygens (including phenoxy) is 1. The highest BCUT2D eigenvalue weighted by atomic mass is 35.5. The van der Waals surface area contributed by atoms with E-state index in [-0.39, 0.29) is 24.2 Å². The Morgan fingerprint density at radius 3 is 2.76 bits per heavy atom. The van der Waals surface area contributed by atoms with Crippen molar-refractivity contribution >= 4 is 46.4 Å². The van der Waals surface area contributed by atoms with Crippen LogP contribution in [0.3, 0.4) is 0 Å². The Hall–Kier alpha value is -2.96. The Labute approximate surface area is 177 Å². The van der Waals surface area contributed by atoms with Gasteiger partial charge in [-0.3, -0.25) is 9.59 Å². The van der Waals surface area contributed by atoms with Crippen LogP contribution in [0.2, 0.25) is 10.0 Å². The van der Waals surface area contributed by atoms with Crippen LogP contribution in [0.4, 0.5) is 11.4 Å². The van der Waals surface area contributed by atoms with Crippen molar-refractivity contribution in [3.8, 4) is 5.75 Å². The minimum Gasteiger partial charge on any atom is -0.482 e. The number of rotatable bonds is 5. The second-order valence-electron chi connectivity index (χ2n) is 6.44. The first-order chi connectivity index (χ1) is 14.0. The molecule has 0 saturated heterocycles. The van der Waals surface area contributed by atoms with E-state index in [1.54, 1.807) is 47.4 Å². The van der Waals surface area contributed by atoms with Gasteiger partial charge in [-0.1, -0.05) is 29.3 Å². The fourth-order valence-corrected chi connectivity index (χ4v) is 3.60. The number of hydrogen-bond donors (Lipinski definition) is 1. The van der Waals surface area contributed by atoms with Gasteiger partial charge in [0.05, 0.1) is 11.3 Å². The van der Waals surface area contributed by atoms with E-state index in [0.29, 0.717) is 28.0 Å². The summed E-state index contributed by atoms with van der Waals surface area (Å²) in [5.41, 5.74) is 2.36. The van der Waals surface area contributed by atoms with Crippen molar-refractivity contribution in [3.63, 3.8) is 0 Å².